The number of carbonyl (C=O) groups excluding carboxylic acids is 1. The third-order valence-electron chi connectivity index (χ3n) is 5.41. The van der Waals surface area contributed by atoms with Crippen molar-refractivity contribution in [3.63, 3.8) is 0 Å². The largest absolute Gasteiger partial charge is 0.385 e. The normalized spacial score (nSPS) is 22.3. The van der Waals surface area contributed by atoms with Gasteiger partial charge in [-0.25, -0.2) is 4.98 Å². The first-order valence-corrected chi connectivity index (χ1v) is 8.62. The molecule has 0 bridgehead atoms. The Morgan fingerprint density at radius 1 is 1.52 bits per heavy atom. The van der Waals surface area contributed by atoms with Gasteiger partial charge in [0.15, 0.2) is 0 Å². The number of nitrogens with one attached hydrogen (secondary N) is 1. The molecule has 1 N–H and O–H groups in total. The Hall–Kier alpha value is -1.40. The average Bonchev–Trinajstić information content (AvgIpc) is 3.06. The topological polar surface area (TPSA) is 59.4 Å². The fourth-order valence-electron chi connectivity index (χ4n) is 3.81. The molecular formula is C17H28N4O2. The van der Waals surface area contributed by atoms with Crippen LogP contribution in [-0.2, 0) is 23.1 Å². The average molecular weight is 320 g/mol. The van der Waals surface area contributed by atoms with Crippen LogP contribution >= 0.6 is 0 Å². The minimum absolute atomic E-state index is 0.241. The first kappa shape index (κ1) is 16.5. The molecule has 1 spiro atoms. The highest BCUT2D eigenvalue weighted by Gasteiger charge is 2.57. The number of amides is 1. The van der Waals surface area contributed by atoms with E-state index in [9.17, 15) is 4.79 Å². The number of hydrogen-bond donors (Lipinski definition) is 1. The Morgan fingerprint density at radius 2 is 2.30 bits per heavy atom. The number of rotatable bonds is 7. The van der Waals surface area contributed by atoms with Crippen molar-refractivity contribution in [3.05, 3.63) is 18.2 Å². The summed E-state index contributed by atoms with van der Waals surface area (Å²) in [5.41, 5.74) is 0.354. The summed E-state index contributed by atoms with van der Waals surface area (Å²) < 4.78 is 7.09. The van der Waals surface area contributed by atoms with Gasteiger partial charge in [0.2, 0.25) is 5.91 Å². The van der Waals surface area contributed by atoms with Gasteiger partial charge in [0.25, 0.3) is 0 Å². The molecule has 0 unspecified atom stereocenters. The lowest BCUT2D eigenvalue weighted by molar-refractivity contribution is -0.133. The van der Waals surface area contributed by atoms with E-state index in [1.54, 1.807) is 13.3 Å². The molecule has 2 heterocycles. The molecule has 1 aromatic heterocycles. The van der Waals surface area contributed by atoms with E-state index in [1.165, 1.54) is 12.8 Å². The zero-order chi connectivity index (χ0) is 16.3. The van der Waals surface area contributed by atoms with E-state index < -0.39 is 0 Å². The van der Waals surface area contributed by atoms with Gasteiger partial charge in [-0.2, -0.15) is 0 Å². The van der Waals surface area contributed by atoms with Gasteiger partial charge in [-0.1, -0.05) is 0 Å². The predicted molar refractivity (Wildman–Crippen MR) is 87.8 cm³/mol. The van der Waals surface area contributed by atoms with E-state index in [1.807, 2.05) is 17.8 Å². The van der Waals surface area contributed by atoms with Crippen molar-refractivity contribution in [1.29, 1.82) is 0 Å². The number of carbonyl (C=O) groups is 1. The van der Waals surface area contributed by atoms with E-state index in [2.05, 4.69) is 15.2 Å². The van der Waals surface area contributed by atoms with Gasteiger partial charge in [-0.05, 0) is 44.2 Å². The second-order valence-corrected chi connectivity index (χ2v) is 6.90. The van der Waals surface area contributed by atoms with Crippen LogP contribution < -0.4 is 5.32 Å². The molecule has 2 aliphatic rings. The quantitative estimate of drug-likeness (QED) is 0.770. The summed E-state index contributed by atoms with van der Waals surface area (Å²) in [6, 6.07) is 0.386. The Balaban J connectivity index is 1.69. The molecule has 3 rings (SSSR count). The lowest BCUT2D eigenvalue weighted by atomic mass is 9.93. The van der Waals surface area contributed by atoms with E-state index >= 15 is 0 Å². The molecule has 1 amide bonds. The zero-order valence-electron chi connectivity index (χ0n) is 14.3. The number of ether oxygens (including phenoxy) is 1. The summed E-state index contributed by atoms with van der Waals surface area (Å²) in [5, 5.41) is 3.43. The highest BCUT2D eigenvalue weighted by Crippen LogP contribution is 2.56. The smallest absolute Gasteiger partial charge is 0.223 e. The highest BCUT2D eigenvalue weighted by molar-refractivity contribution is 5.77. The third kappa shape index (κ3) is 3.58. The summed E-state index contributed by atoms with van der Waals surface area (Å²) in [6.07, 6.45) is 8.60. The van der Waals surface area contributed by atoms with Crippen molar-refractivity contribution < 1.29 is 9.53 Å². The molecule has 23 heavy (non-hydrogen) atoms. The van der Waals surface area contributed by atoms with Crippen LogP contribution in [0.15, 0.2) is 12.4 Å². The fraction of sp³-hybridized carbons (Fsp3) is 0.765. The van der Waals surface area contributed by atoms with Crippen molar-refractivity contribution in [1.82, 2.24) is 19.8 Å². The van der Waals surface area contributed by atoms with Gasteiger partial charge < -0.3 is 19.5 Å². The minimum Gasteiger partial charge on any atom is -0.385 e. The SMILES string of the molecule is COCCCC(=O)N(Cc1nccn1C)[C@H]1CC12CCNCC2. The molecule has 6 heteroatoms. The fourth-order valence-corrected chi connectivity index (χ4v) is 3.81. The first-order valence-electron chi connectivity index (χ1n) is 8.62. The monoisotopic (exact) mass is 320 g/mol. The Kier molecular flexibility index (Phi) is 5.02. The lowest BCUT2D eigenvalue weighted by Gasteiger charge is -2.29. The van der Waals surface area contributed by atoms with Gasteiger partial charge in [-0.15, -0.1) is 0 Å². The first-order chi connectivity index (χ1) is 11.2. The van der Waals surface area contributed by atoms with Crippen molar-refractivity contribution in [2.75, 3.05) is 26.8 Å². The van der Waals surface area contributed by atoms with E-state index in [0.29, 0.717) is 31.0 Å². The molecule has 128 valence electrons. The van der Waals surface area contributed by atoms with Gasteiger partial charge in [0, 0.05) is 45.6 Å². The molecule has 1 saturated carbocycles. The van der Waals surface area contributed by atoms with Crippen LogP contribution in [0, 0.1) is 5.41 Å². The third-order valence-corrected chi connectivity index (χ3v) is 5.41. The maximum atomic E-state index is 12.8. The van der Waals surface area contributed by atoms with Crippen LogP contribution in [0.5, 0.6) is 0 Å². The number of imidazole rings is 1. The number of hydrogen-bond acceptors (Lipinski definition) is 4. The lowest BCUT2D eigenvalue weighted by Crippen LogP contribution is -2.39. The van der Waals surface area contributed by atoms with Gasteiger partial charge in [0.1, 0.15) is 5.82 Å². The van der Waals surface area contributed by atoms with Crippen LogP contribution in [0.4, 0.5) is 0 Å². The van der Waals surface area contributed by atoms with E-state index in [0.717, 1.165) is 31.8 Å². The Morgan fingerprint density at radius 3 is 2.96 bits per heavy atom. The molecule has 0 aromatic carbocycles. The molecule has 1 saturated heterocycles. The van der Waals surface area contributed by atoms with Crippen LogP contribution in [-0.4, -0.2) is 53.2 Å². The summed E-state index contributed by atoms with van der Waals surface area (Å²) in [7, 11) is 3.67. The van der Waals surface area contributed by atoms with Crippen LogP contribution in [0.3, 0.4) is 0 Å². The molecule has 1 atom stereocenters. The summed E-state index contributed by atoms with van der Waals surface area (Å²) in [5.74, 6) is 1.20. The van der Waals surface area contributed by atoms with Gasteiger partial charge in [-0.3, -0.25) is 4.79 Å². The van der Waals surface area contributed by atoms with Crippen molar-refractivity contribution >= 4 is 5.91 Å². The predicted octanol–water partition coefficient (Wildman–Crippen LogP) is 1.32. The molecule has 1 aliphatic carbocycles. The van der Waals surface area contributed by atoms with Gasteiger partial charge in [0.05, 0.1) is 6.54 Å². The minimum atomic E-state index is 0.241. The van der Waals surface area contributed by atoms with Crippen molar-refractivity contribution in [2.45, 2.75) is 44.7 Å². The van der Waals surface area contributed by atoms with E-state index in [-0.39, 0.29) is 5.91 Å². The molecule has 1 aromatic rings. The van der Waals surface area contributed by atoms with Crippen LogP contribution in [0.2, 0.25) is 0 Å². The molecule has 1 aliphatic heterocycles. The van der Waals surface area contributed by atoms with Crippen LogP contribution in [0.25, 0.3) is 0 Å². The summed E-state index contributed by atoms with van der Waals surface area (Å²) in [4.78, 5) is 19.3. The number of aryl methyl sites for hydroxylation is 1. The van der Waals surface area contributed by atoms with Crippen LogP contribution in [0.1, 0.15) is 37.9 Å². The van der Waals surface area contributed by atoms with Crippen molar-refractivity contribution in [2.24, 2.45) is 12.5 Å². The standard InChI is InChI=1S/C17H28N4O2/c1-20-10-9-19-15(20)13-21(16(22)4-3-11-23-2)14-12-17(14)5-7-18-8-6-17/h9-10,14,18H,3-8,11-13H2,1-2H3/t14-/m0/s1. The number of nitrogens with zero attached hydrogens (tertiary/aromatic N) is 3. The molecule has 0 radical (unpaired) electrons. The number of aromatic nitrogens is 2. The number of piperidine rings is 1. The molecular weight excluding hydrogens is 292 g/mol. The summed E-state index contributed by atoms with van der Waals surface area (Å²) >= 11 is 0. The second kappa shape index (κ2) is 7.01. The van der Waals surface area contributed by atoms with Gasteiger partial charge >= 0.3 is 0 Å². The number of methoxy groups -OCH3 is 1. The zero-order valence-corrected chi connectivity index (χ0v) is 14.3. The second-order valence-electron chi connectivity index (χ2n) is 6.90. The molecule has 2 fully saturated rings. The Bertz CT molecular complexity index is 536. The Labute approximate surface area is 138 Å². The molecule has 6 nitrogen and oxygen atoms in total. The summed E-state index contributed by atoms with van der Waals surface area (Å²) in [6.45, 7) is 3.41. The van der Waals surface area contributed by atoms with Crippen molar-refractivity contribution in [3.8, 4) is 0 Å². The highest BCUT2D eigenvalue weighted by atomic mass is 16.5. The maximum absolute atomic E-state index is 12.8. The van der Waals surface area contributed by atoms with E-state index in [4.69, 9.17) is 4.74 Å². The maximum Gasteiger partial charge on any atom is 0.223 e.